The summed E-state index contributed by atoms with van der Waals surface area (Å²) < 4.78 is 0. The molecule has 2 rings (SSSR count). The van der Waals surface area contributed by atoms with Crippen LogP contribution in [0.5, 0.6) is 0 Å². The van der Waals surface area contributed by atoms with Crippen molar-refractivity contribution in [3.05, 3.63) is 81.9 Å². The van der Waals surface area contributed by atoms with E-state index in [4.69, 9.17) is 31.6 Å². The number of oxime groups is 1. The fourth-order valence-corrected chi connectivity index (χ4v) is 2.19. The molecule has 24 heavy (non-hydrogen) atoms. The number of nitrogens with zero attached hydrogens (tertiary/aromatic N) is 2. The van der Waals surface area contributed by atoms with Crippen molar-refractivity contribution >= 4 is 5.96 Å². The normalized spacial score (nSPS) is 9.54. The van der Waals surface area contributed by atoms with Gasteiger partial charge in [0, 0.05) is 5.92 Å². The van der Waals surface area contributed by atoms with Crippen molar-refractivity contribution < 1.29 is 15.1 Å². The standard InChI is InChI=1S/C16H19N3O.HNO3/c17-16(18)19-20-12-11-15(13-7-3-1-4-8-13)14-9-5-2-6-10-14;2-1(3)4/h1-10,15H,11-12H2,(H4,17,18,19);(H,2,3,4). The molecule has 0 spiro atoms. The molecule has 2 aromatic rings. The lowest BCUT2D eigenvalue weighted by molar-refractivity contribution is -0.742. The van der Waals surface area contributed by atoms with E-state index in [2.05, 4.69) is 29.4 Å². The molecular weight excluding hydrogens is 312 g/mol. The van der Waals surface area contributed by atoms with E-state index in [0.29, 0.717) is 6.61 Å². The SMILES string of the molecule is NC(N)=NOCCC(c1ccccc1)c1ccccc1.O=[N+]([O-])O. The summed E-state index contributed by atoms with van der Waals surface area (Å²) in [6, 6.07) is 20.7. The topological polar surface area (TPSA) is 137 Å². The third kappa shape index (κ3) is 7.64. The van der Waals surface area contributed by atoms with Crippen molar-refractivity contribution in [3.8, 4) is 0 Å². The molecule has 0 amide bonds. The molecule has 0 unspecified atom stereocenters. The molecule has 0 aliphatic heterocycles. The highest BCUT2D eigenvalue weighted by Gasteiger charge is 2.13. The fourth-order valence-electron chi connectivity index (χ4n) is 2.19. The molecule has 0 heterocycles. The number of hydrogen-bond donors (Lipinski definition) is 3. The Morgan fingerprint density at radius 1 is 1.08 bits per heavy atom. The van der Waals surface area contributed by atoms with Crippen molar-refractivity contribution in [2.24, 2.45) is 16.6 Å². The molecule has 5 N–H and O–H groups in total. The van der Waals surface area contributed by atoms with Gasteiger partial charge in [-0.15, -0.1) is 10.1 Å². The second-order valence-corrected chi connectivity index (χ2v) is 4.75. The summed E-state index contributed by atoms with van der Waals surface area (Å²) >= 11 is 0. The Hall–Kier alpha value is -3.29. The number of benzene rings is 2. The van der Waals surface area contributed by atoms with Gasteiger partial charge in [0.25, 0.3) is 5.09 Å². The first kappa shape index (κ1) is 18.8. The van der Waals surface area contributed by atoms with Gasteiger partial charge in [-0.2, -0.15) is 0 Å². The van der Waals surface area contributed by atoms with Crippen LogP contribution in [-0.4, -0.2) is 22.9 Å². The number of rotatable bonds is 6. The quantitative estimate of drug-likeness (QED) is 0.243. The van der Waals surface area contributed by atoms with E-state index in [1.54, 1.807) is 0 Å². The van der Waals surface area contributed by atoms with Crippen LogP contribution in [0.4, 0.5) is 0 Å². The van der Waals surface area contributed by atoms with Gasteiger partial charge < -0.3 is 21.5 Å². The van der Waals surface area contributed by atoms with Crippen LogP contribution in [0.2, 0.25) is 0 Å². The van der Waals surface area contributed by atoms with E-state index in [0.717, 1.165) is 6.42 Å². The highest BCUT2D eigenvalue weighted by Crippen LogP contribution is 2.27. The smallest absolute Gasteiger partial charge is 0.291 e. The molecule has 2 aromatic carbocycles. The van der Waals surface area contributed by atoms with Gasteiger partial charge in [-0.1, -0.05) is 60.7 Å². The highest BCUT2D eigenvalue weighted by molar-refractivity contribution is 5.74. The Morgan fingerprint density at radius 3 is 1.88 bits per heavy atom. The van der Waals surface area contributed by atoms with Crippen LogP contribution in [-0.2, 0) is 4.84 Å². The minimum Gasteiger partial charge on any atom is -0.393 e. The number of nitrogens with two attached hydrogens (primary N) is 2. The average Bonchev–Trinajstić information content (AvgIpc) is 2.56. The Labute approximate surface area is 139 Å². The first-order chi connectivity index (χ1) is 11.5. The van der Waals surface area contributed by atoms with E-state index < -0.39 is 5.09 Å². The van der Waals surface area contributed by atoms with Gasteiger partial charge in [0.05, 0.1) is 0 Å². The van der Waals surface area contributed by atoms with Gasteiger partial charge in [0.2, 0.25) is 5.96 Å². The molecule has 0 atom stereocenters. The second kappa shape index (κ2) is 10.4. The second-order valence-electron chi connectivity index (χ2n) is 4.75. The predicted octanol–water partition coefficient (Wildman–Crippen LogP) is 2.07. The van der Waals surface area contributed by atoms with Crippen molar-refractivity contribution in [2.45, 2.75) is 12.3 Å². The van der Waals surface area contributed by atoms with Crippen LogP contribution < -0.4 is 11.5 Å². The molecule has 128 valence electrons. The van der Waals surface area contributed by atoms with Crippen molar-refractivity contribution in [2.75, 3.05) is 6.61 Å². The molecule has 0 aliphatic rings. The maximum Gasteiger partial charge on any atom is 0.291 e. The summed E-state index contributed by atoms with van der Waals surface area (Å²) in [4.78, 5) is 13.5. The number of guanidine groups is 1. The molecule has 0 bridgehead atoms. The first-order valence-corrected chi connectivity index (χ1v) is 7.14. The Kier molecular flexibility index (Phi) is 8.16. The molecule has 0 fully saturated rings. The minimum atomic E-state index is -1.50. The molecule has 8 heteroatoms. The zero-order valence-corrected chi connectivity index (χ0v) is 13.0. The highest BCUT2D eigenvalue weighted by atomic mass is 16.9. The Bertz CT molecular complexity index is 588. The molecule has 0 radical (unpaired) electrons. The molecular formula is C16H20N4O4. The maximum absolute atomic E-state index is 8.36. The third-order valence-corrected chi connectivity index (χ3v) is 3.07. The van der Waals surface area contributed by atoms with Crippen LogP contribution in [0.1, 0.15) is 23.5 Å². The lowest BCUT2D eigenvalue weighted by atomic mass is 9.89. The Balaban J connectivity index is 0.000000648. The predicted molar refractivity (Wildman–Crippen MR) is 89.9 cm³/mol. The van der Waals surface area contributed by atoms with Gasteiger partial charge in [-0.25, -0.2) is 0 Å². The number of hydrogen-bond acceptors (Lipinski definition) is 4. The van der Waals surface area contributed by atoms with Crippen LogP contribution in [0.25, 0.3) is 0 Å². The van der Waals surface area contributed by atoms with Crippen LogP contribution in [0.15, 0.2) is 65.8 Å². The molecule has 0 saturated carbocycles. The molecule has 0 aliphatic carbocycles. The van der Waals surface area contributed by atoms with E-state index in [9.17, 15) is 0 Å². The summed E-state index contributed by atoms with van der Waals surface area (Å²) in [6.07, 6.45) is 0.810. The first-order valence-electron chi connectivity index (χ1n) is 7.14. The molecule has 0 saturated heterocycles. The summed E-state index contributed by atoms with van der Waals surface area (Å²) in [6.45, 7) is 0.465. The summed E-state index contributed by atoms with van der Waals surface area (Å²) in [5, 5.41) is 17.2. The van der Waals surface area contributed by atoms with Gasteiger partial charge >= 0.3 is 0 Å². The molecule has 0 aromatic heterocycles. The van der Waals surface area contributed by atoms with Crippen LogP contribution >= 0.6 is 0 Å². The zero-order valence-electron chi connectivity index (χ0n) is 13.0. The molecule has 8 nitrogen and oxygen atoms in total. The zero-order chi connectivity index (χ0) is 17.8. The van der Waals surface area contributed by atoms with E-state index in [1.807, 2.05) is 36.4 Å². The van der Waals surface area contributed by atoms with E-state index in [-0.39, 0.29) is 11.9 Å². The summed E-state index contributed by atoms with van der Waals surface area (Å²) in [5.74, 6) is 0.215. The third-order valence-electron chi connectivity index (χ3n) is 3.07. The largest absolute Gasteiger partial charge is 0.393 e. The maximum atomic E-state index is 8.36. The lowest BCUT2D eigenvalue weighted by Crippen LogP contribution is -2.23. The Morgan fingerprint density at radius 2 is 1.50 bits per heavy atom. The minimum absolute atomic E-state index is 0.0547. The average molecular weight is 332 g/mol. The fraction of sp³-hybridized carbons (Fsp3) is 0.188. The summed E-state index contributed by atoms with van der Waals surface area (Å²) in [7, 11) is 0. The van der Waals surface area contributed by atoms with E-state index >= 15 is 0 Å². The van der Waals surface area contributed by atoms with Crippen LogP contribution in [0.3, 0.4) is 0 Å². The van der Waals surface area contributed by atoms with Gasteiger partial charge in [0.1, 0.15) is 6.61 Å². The lowest BCUT2D eigenvalue weighted by Gasteiger charge is -2.17. The van der Waals surface area contributed by atoms with E-state index in [1.165, 1.54) is 11.1 Å². The van der Waals surface area contributed by atoms with Gasteiger partial charge in [-0.05, 0) is 22.7 Å². The van der Waals surface area contributed by atoms with Crippen molar-refractivity contribution in [1.82, 2.24) is 0 Å². The van der Waals surface area contributed by atoms with Crippen molar-refractivity contribution in [1.29, 1.82) is 0 Å². The van der Waals surface area contributed by atoms with Gasteiger partial charge in [-0.3, -0.25) is 0 Å². The van der Waals surface area contributed by atoms with Crippen molar-refractivity contribution in [3.63, 3.8) is 0 Å². The monoisotopic (exact) mass is 332 g/mol. The summed E-state index contributed by atoms with van der Waals surface area (Å²) in [5.41, 5.74) is 13.0. The van der Waals surface area contributed by atoms with Crippen LogP contribution in [0, 0.1) is 10.1 Å². The van der Waals surface area contributed by atoms with Gasteiger partial charge in [0.15, 0.2) is 0 Å².